The van der Waals surface area contributed by atoms with Gasteiger partial charge in [-0.25, -0.2) is 4.68 Å². The van der Waals surface area contributed by atoms with E-state index in [2.05, 4.69) is 20.7 Å². The summed E-state index contributed by atoms with van der Waals surface area (Å²) in [6.45, 7) is 4.02. The Kier molecular flexibility index (Phi) is 3.79. The van der Waals surface area contributed by atoms with Crippen LogP contribution < -0.4 is 10.6 Å². The molecule has 0 aliphatic rings. The Morgan fingerprint density at radius 1 is 1.32 bits per heavy atom. The zero-order valence-corrected chi connectivity index (χ0v) is 11.2. The molecule has 0 bridgehead atoms. The maximum absolute atomic E-state index is 12.2. The number of rotatable bonds is 4. The molecule has 2 heterocycles. The first-order valence-corrected chi connectivity index (χ1v) is 6.10. The van der Waals surface area contributed by atoms with E-state index in [9.17, 15) is 4.79 Å². The average Bonchev–Trinajstić information content (AvgIpc) is 2.87. The molecule has 1 amide bonds. The molecule has 2 rings (SSSR count). The molecule has 2 aromatic rings. The summed E-state index contributed by atoms with van der Waals surface area (Å²) in [5.74, 6) is 0.494. The number of carbonyl (C=O) groups excluding carboxylic acids is 1. The van der Waals surface area contributed by atoms with Gasteiger partial charge in [0.1, 0.15) is 5.82 Å². The smallest absolute Gasteiger partial charge is 0.259 e. The molecule has 0 radical (unpaired) electrons. The minimum absolute atomic E-state index is 0.186. The Morgan fingerprint density at radius 2 is 2.11 bits per heavy atom. The van der Waals surface area contributed by atoms with E-state index in [0.29, 0.717) is 17.1 Å². The van der Waals surface area contributed by atoms with Crippen LogP contribution in [-0.2, 0) is 0 Å². The molecular formula is C13H17N5O. The zero-order valence-electron chi connectivity index (χ0n) is 11.2. The first-order valence-electron chi connectivity index (χ1n) is 6.10. The summed E-state index contributed by atoms with van der Waals surface area (Å²) in [5.41, 5.74) is 1.24. The van der Waals surface area contributed by atoms with Gasteiger partial charge in [0.25, 0.3) is 5.91 Å². The average molecular weight is 259 g/mol. The first-order chi connectivity index (χ1) is 9.13. The maximum atomic E-state index is 12.2. The summed E-state index contributed by atoms with van der Waals surface area (Å²) in [4.78, 5) is 16.2. The molecule has 0 aromatic carbocycles. The Morgan fingerprint density at radius 3 is 2.79 bits per heavy atom. The molecule has 2 aromatic heterocycles. The largest absolute Gasteiger partial charge is 0.386 e. The molecule has 19 heavy (non-hydrogen) atoms. The number of anilines is 2. The number of hydrogen-bond acceptors (Lipinski definition) is 4. The van der Waals surface area contributed by atoms with Crippen LogP contribution in [0.1, 0.15) is 30.2 Å². The summed E-state index contributed by atoms with van der Waals surface area (Å²) >= 11 is 0. The monoisotopic (exact) mass is 259 g/mol. The first kappa shape index (κ1) is 13.1. The quantitative estimate of drug-likeness (QED) is 0.882. The lowest BCUT2D eigenvalue weighted by Gasteiger charge is -2.13. The number of aromatic nitrogens is 3. The predicted molar refractivity (Wildman–Crippen MR) is 74.3 cm³/mol. The van der Waals surface area contributed by atoms with E-state index in [1.165, 1.54) is 0 Å². The molecule has 0 saturated carbocycles. The maximum Gasteiger partial charge on any atom is 0.259 e. The van der Waals surface area contributed by atoms with Crippen molar-refractivity contribution in [1.82, 2.24) is 14.8 Å². The fraction of sp³-hybridized carbons (Fsp3) is 0.308. The lowest BCUT2D eigenvalue weighted by atomic mass is 10.2. The van der Waals surface area contributed by atoms with Crippen LogP contribution in [0.5, 0.6) is 0 Å². The van der Waals surface area contributed by atoms with Gasteiger partial charge in [0.15, 0.2) is 0 Å². The molecule has 0 unspecified atom stereocenters. The number of pyridine rings is 1. The molecule has 0 spiro atoms. The third-order valence-corrected chi connectivity index (χ3v) is 2.74. The van der Waals surface area contributed by atoms with Crippen molar-refractivity contribution in [2.24, 2.45) is 0 Å². The van der Waals surface area contributed by atoms with Crippen molar-refractivity contribution in [2.75, 3.05) is 17.7 Å². The highest BCUT2D eigenvalue weighted by atomic mass is 16.1. The minimum atomic E-state index is -0.186. The van der Waals surface area contributed by atoms with Crippen LogP contribution in [0.4, 0.5) is 11.5 Å². The van der Waals surface area contributed by atoms with Gasteiger partial charge in [-0.15, -0.1) is 0 Å². The van der Waals surface area contributed by atoms with Crippen LogP contribution in [0.2, 0.25) is 0 Å². The van der Waals surface area contributed by atoms with Crippen molar-refractivity contribution >= 4 is 17.4 Å². The second-order valence-electron chi connectivity index (χ2n) is 4.38. The van der Waals surface area contributed by atoms with Gasteiger partial charge in [-0.3, -0.25) is 9.78 Å². The number of nitrogens with one attached hydrogen (secondary N) is 2. The van der Waals surface area contributed by atoms with Gasteiger partial charge in [-0.05, 0) is 19.9 Å². The topological polar surface area (TPSA) is 71.8 Å². The minimum Gasteiger partial charge on any atom is -0.386 e. The van der Waals surface area contributed by atoms with Crippen molar-refractivity contribution < 1.29 is 4.79 Å². The highest BCUT2D eigenvalue weighted by Gasteiger charge is 2.13. The molecule has 2 N–H and O–H groups in total. The summed E-state index contributed by atoms with van der Waals surface area (Å²) in [6.07, 6.45) is 4.88. The Labute approximate surface area is 111 Å². The van der Waals surface area contributed by atoms with Crippen molar-refractivity contribution in [3.05, 3.63) is 36.3 Å². The van der Waals surface area contributed by atoms with Crippen molar-refractivity contribution in [1.29, 1.82) is 0 Å². The Hall–Kier alpha value is -2.37. The molecule has 0 atom stereocenters. The Balaban J connectivity index is 2.23. The van der Waals surface area contributed by atoms with Crippen molar-refractivity contribution in [3.8, 4) is 0 Å². The van der Waals surface area contributed by atoms with Gasteiger partial charge >= 0.3 is 0 Å². The van der Waals surface area contributed by atoms with Gasteiger partial charge in [0.05, 0.1) is 23.6 Å². The molecule has 0 saturated heterocycles. The molecular weight excluding hydrogens is 242 g/mol. The fourth-order valence-electron chi connectivity index (χ4n) is 1.80. The lowest BCUT2D eigenvalue weighted by molar-refractivity contribution is 0.102. The van der Waals surface area contributed by atoms with E-state index >= 15 is 0 Å². The molecule has 0 aliphatic carbocycles. The standard InChI is InChI=1S/C13H17N5O/c1-9(2)18-12(5-7-16-18)17-13(19)10-4-6-15-8-11(10)14-3/h4-9,14H,1-3H3,(H,17,19). The zero-order chi connectivity index (χ0) is 13.8. The SMILES string of the molecule is CNc1cnccc1C(=O)Nc1ccnn1C(C)C. The van der Waals surface area contributed by atoms with Crippen LogP contribution in [0, 0.1) is 0 Å². The van der Waals surface area contributed by atoms with E-state index in [1.54, 1.807) is 42.5 Å². The van der Waals surface area contributed by atoms with Crippen LogP contribution in [0.25, 0.3) is 0 Å². The molecule has 100 valence electrons. The fourth-order valence-corrected chi connectivity index (χ4v) is 1.80. The Bertz CT molecular complexity index is 576. The highest BCUT2D eigenvalue weighted by Crippen LogP contribution is 2.17. The summed E-state index contributed by atoms with van der Waals surface area (Å²) in [6, 6.07) is 3.64. The molecule has 6 nitrogen and oxygen atoms in total. The summed E-state index contributed by atoms with van der Waals surface area (Å²) in [7, 11) is 1.76. The van der Waals surface area contributed by atoms with Crippen molar-refractivity contribution in [3.63, 3.8) is 0 Å². The van der Waals surface area contributed by atoms with Gasteiger partial charge < -0.3 is 10.6 Å². The second kappa shape index (κ2) is 5.51. The van der Waals surface area contributed by atoms with Gasteiger partial charge in [0, 0.05) is 25.4 Å². The summed E-state index contributed by atoms with van der Waals surface area (Å²) < 4.78 is 1.76. The van der Waals surface area contributed by atoms with E-state index in [1.807, 2.05) is 13.8 Å². The van der Waals surface area contributed by atoms with Crippen LogP contribution >= 0.6 is 0 Å². The lowest BCUT2D eigenvalue weighted by Crippen LogP contribution is -2.18. The number of carbonyl (C=O) groups is 1. The molecule has 0 fully saturated rings. The normalized spacial score (nSPS) is 10.5. The van der Waals surface area contributed by atoms with E-state index in [4.69, 9.17) is 0 Å². The van der Waals surface area contributed by atoms with Gasteiger partial charge in [-0.2, -0.15) is 5.10 Å². The van der Waals surface area contributed by atoms with Gasteiger partial charge in [0.2, 0.25) is 0 Å². The highest BCUT2D eigenvalue weighted by molar-refractivity contribution is 6.07. The second-order valence-corrected chi connectivity index (χ2v) is 4.38. The number of hydrogen-bond donors (Lipinski definition) is 2. The predicted octanol–water partition coefficient (Wildman–Crippen LogP) is 2.15. The van der Waals surface area contributed by atoms with E-state index < -0.39 is 0 Å². The number of amides is 1. The third-order valence-electron chi connectivity index (χ3n) is 2.74. The molecule has 0 aliphatic heterocycles. The van der Waals surface area contributed by atoms with E-state index in [-0.39, 0.29) is 11.9 Å². The van der Waals surface area contributed by atoms with E-state index in [0.717, 1.165) is 0 Å². The van der Waals surface area contributed by atoms with Crippen LogP contribution in [-0.4, -0.2) is 27.7 Å². The summed E-state index contributed by atoms with van der Waals surface area (Å²) in [5, 5.41) is 9.98. The third kappa shape index (κ3) is 2.73. The number of nitrogens with zero attached hydrogens (tertiary/aromatic N) is 3. The van der Waals surface area contributed by atoms with Gasteiger partial charge in [-0.1, -0.05) is 0 Å². The van der Waals surface area contributed by atoms with Crippen LogP contribution in [0.15, 0.2) is 30.7 Å². The van der Waals surface area contributed by atoms with Crippen LogP contribution in [0.3, 0.4) is 0 Å². The van der Waals surface area contributed by atoms with Crippen molar-refractivity contribution in [2.45, 2.75) is 19.9 Å². The molecule has 6 heteroatoms.